The second-order valence-electron chi connectivity index (χ2n) is 6.82. The highest BCUT2D eigenvalue weighted by Gasteiger charge is 2.38. The highest BCUT2D eigenvalue weighted by atomic mass is 16.6. The van der Waals surface area contributed by atoms with E-state index in [4.69, 9.17) is 0 Å². The number of likely N-dealkylation sites (N-methyl/N-ethyl adjacent to an activating group) is 1. The molecule has 0 spiro atoms. The lowest BCUT2D eigenvalue weighted by atomic mass is 9.83. The summed E-state index contributed by atoms with van der Waals surface area (Å²) in [5.74, 6) is -0.849. The average molecular weight is 367 g/mol. The number of rotatable bonds is 3. The predicted molar refractivity (Wildman–Crippen MR) is 99.2 cm³/mol. The van der Waals surface area contributed by atoms with E-state index in [-0.39, 0.29) is 11.0 Å². The first-order valence-electron chi connectivity index (χ1n) is 8.17. The number of Topliss-reactive ketones (excluding diaryl/α,β-unsaturated/α-hetero) is 1. The molecule has 8 heteroatoms. The summed E-state index contributed by atoms with van der Waals surface area (Å²) < 4.78 is 0. The summed E-state index contributed by atoms with van der Waals surface area (Å²) in [4.78, 5) is 34.7. The van der Waals surface area contributed by atoms with Crippen molar-refractivity contribution in [1.29, 1.82) is 0 Å². The van der Waals surface area contributed by atoms with Crippen molar-refractivity contribution in [1.82, 2.24) is 0 Å². The molecule has 0 N–H and O–H groups in total. The van der Waals surface area contributed by atoms with Crippen LogP contribution >= 0.6 is 0 Å². The first kappa shape index (κ1) is 18.2. The van der Waals surface area contributed by atoms with Crippen molar-refractivity contribution >= 4 is 11.5 Å². The van der Waals surface area contributed by atoms with E-state index in [1.165, 1.54) is 6.08 Å². The fraction of sp³-hybridized carbons (Fsp3) is 0.211. The van der Waals surface area contributed by atoms with Crippen LogP contribution in [0.4, 0.5) is 5.69 Å². The van der Waals surface area contributed by atoms with Crippen LogP contribution in [-0.2, 0) is 10.2 Å². The molecule has 27 heavy (non-hydrogen) atoms. The standard InChI is InChI=1S/C19H17N3O5/c1-19(2)14-6-4-5-7-15(14)20(3)17(19)9-8-12-10-13(21(24)25)11-16(18(12)23)22(26)27/h4-11H,1-3H3. The summed E-state index contributed by atoms with van der Waals surface area (Å²) in [6.45, 7) is 4.06. The summed E-state index contributed by atoms with van der Waals surface area (Å²) in [7, 11) is 1.89. The van der Waals surface area contributed by atoms with E-state index < -0.39 is 27.0 Å². The SMILES string of the molecule is CN1C(=CC=C2C=C([N+](=O)[O-])C=C([N+](=O)[O-])C2=O)C(C)(C)c2ccccc21. The van der Waals surface area contributed by atoms with Crippen LogP contribution in [0.3, 0.4) is 0 Å². The van der Waals surface area contributed by atoms with Crippen molar-refractivity contribution in [2.45, 2.75) is 19.3 Å². The number of para-hydroxylation sites is 1. The van der Waals surface area contributed by atoms with E-state index in [2.05, 4.69) is 0 Å². The van der Waals surface area contributed by atoms with Crippen LogP contribution in [0.5, 0.6) is 0 Å². The molecule has 0 saturated carbocycles. The molecule has 0 aromatic heterocycles. The first-order chi connectivity index (χ1) is 12.6. The lowest BCUT2D eigenvalue weighted by Crippen LogP contribution is -2.23. The quantitative estimate of drug-likeness (QED) is 0.461. The summed E-state index contributed by atoms with van der Waals surface area (Å²) in [6.07, 6.45) is 4.84. The molecule has 2 aliphatic rings. The maximum absolute atomic E-state index is 12.3. The molecular weight excluding hydrogens is 350 g/mol. The zero-order chi connectivity index (χ0) is 19.9. The molecule has 1 aliphatic heterocycles. The van der Waals surface area contributed by atoms with Gasteiger partial charge in [0.15, 0.2) is 0 Å². The number of ketones is 1. The minimum Gasteiger partial charge on any atom is -0.347 e. The van der Waals surface area contributed by atoms with E-state index >= 15 is 0 Å². The largest absolute Gasteiger partial charge is 0.347 e. The molecule has 0 radical (unpaired) electrons. The number of carbonyl (C=O) groups excluding carboxylic acids is 1. The minimum atomic E-state index is -0.901. The molecule has 0 saturated heterocycles. The van der Waals surface area contributed by atoms with Gasteiger partial charge in [0.25, 0.3) is 11.5 Å². The number of anilines is 1. The molecule has 138 valence electrons. The molecule has 1 heterocycles. The van der Waals surface area contributed by atoms with Gasteiger partial charge >= 0.3 is 5.70 Å². The van der Waals surface area contributed by atoms with Crippen molar-refractivity contribution in [2.75, 3.05) is 11.9 Å². The number of hydrogen-bond donors (Lipinski definition) is 0. The van der Waals surface area contributed by atoms with Gasteiger partial charge in [0.2, 0.25) is 0 Å². The molecule has 1 aromatic carbocycles. The van der Waals surface area contributed by atoms with Gasteiger partial charge in [0.1, 0.15) is 0 Å². The molecule has 0 atom stereocenters. The van der Waals surface area contributed by atoms with Crippen molar-refractivity contribution < 1.29 is 14.6 Å². The summed E-state index contributed by atoms with van der Waals surface area (Å²) in [5, 5.41) is 22.1. The van der Waals surface area contributed by atoms with Crippen molar-refractivity contribution in [3.8, 4) is 0 Å². The average Bonchev–Trinajstić information content (AvgIpc) is 2.80. The number of nitrogens with zero attached hydrogens (tertiary/aromatic N) is 3. The highest BCUT2D eigenvalue weighted by molar-refractivity contribution is 6.10. The first-order valence-corrected chi connectivity index (χ1v) is 8.17. The van der Waals surface area contributed by atoms with Crippen molar-refractivity contribution in [2.24, 2.45) is 0 Å². The molecule has 8 nitrogen and oxygen atoms in total. The van der Waals surface area contributed by atoms with E-state index in [0.29, 0.717) is 6.08 Å². The van der Waals surface area contributed by atoms with Crippen LogP contribution in [-0.4, -0.2) is 22.7 Å². The van der Waals surface area contributed by atoms with Gasteiger partial charge in [0.05, 0.1) is 15.9 Å². The molecule has 3 rings (SSSR count). The van der Waals surface area contributed by atoms with Crippen LogP contribution < -0.4 is 4.90 Å². The van der Waals surface area contributed by atoms with Gasteiger partial charge in [0, 0.05) is 35.5 Å². The smallest absolute Gasteiger partial charge is 0.323 e. The van der Waals surface area contributed by atoms with Crippen LogP contribution in [0.15, 0.2) is 71.2 Å². The number of fused-ring (bicyclic) bond motifs is 1. The summed E-state index contributed by atoms with van der Waals surface area (Å²) in [5.41, 5.74) is 1.26. The second-order valence-corrected chi connectivity index (χ2v) is 6.82. The summed E-state index contributed by atoms with van der Waals surface area (Å²) in [6, 6.07) is 7.87. The Labute approximate surface area is 155 Å². The lowest BCUT2D eigenvalue weighted by molar-refractivity contribution is -0.431. The third-order valence-electron chi connectivity index (χ3n) is 4.85. The van der Waals surface area contributed by atoms with Gasteiger partial charge < -0.3 is 4.90 Å². The predicted octanol–water partition coefficient (Wildman–Crippen LogP) is 3.13. The Morgan fingerprint density at radius 3 is 2.30 bits per heavy atom. The zero-order valence-electron chi connectivity index (χ0n) is 15.0. The number of hydrogen-bond acceptors (Lipinski definition) is 6. The number of benzene rings is 1. The Kier molecular flexibility index (Phi) is 4.27. The third kappa shape index (κ3) is 2.95. The normalized spacial score (nSPS) is 21.1. The van der Waals surface area contributed by atoms with Gasteiger partial charge in [-0.25, -0.2) is 0 Å². The van der Waals surface area contributed by atoms with Gasteiger partial charge in [-0.15, -0.1) is 0 Å². The van der Waals surface area contributed by atoms with Gasteiger partial charge in [-0.3, -0.25) is 25.0 Å². The number of carbonyl (C=O) groups is 1. The van der Waals surface area contributed by atoms with Crippen LogP contribution in [0, 0.1) is 20.2 Å². The van der Waals surface area contributed by atoms with Crippen molar-refractivity contribution in [3.63, 3.8) is 0 Å². The monoisotopic (exact) mass is 367 g/mol. The molecular formula is C19H17N3O5. The van der Waals surface area contributed by atoms with Gasteiger partial charge in [-0.2, -0.15) is 0 Å². The Morgan fingerprint density at radius 1 is 1.04 bits per heavy atom. The Hall–Kier alpha value is -3.55. The minimum absolute atomic E-state index is 0.0939. The zero-order valence-corrected chi connectivity index (χ0v) is 15.0. The molecule has 0 fully saturated rings. The third-order valence-corrected chi connectivity index (χ3v) is 4.85. The summed E-state index contributed by atoms with van der Waals surface area (Å²) >= 11 is 0. The van der Waals surface area contributed by atoms with E-state index in [0.717, 1.165) is 23.0 Å². The van der Waals surface area contributed by atoms with Gasteiger partial charge in [-0.05, 0) is 23.8 Å². The lowest BCUT2D eigenvalue weighted by Gasteiger charge is -2.23. The molecule has 0 unspecified atom stereocenters. The maximum Gasteiger partial charge on any atom is 0.323 e. The van der Waals surface area contributed by atoms with Crippen LogP contribution in [0.2, 0.25) is 0 Å². The Bertz CT molecular complexity index is 998. The molecule has 1 aliphatic carbocycles. The number of allylic oxidation sites excluding steroid dienone is 6. The Balaban J connectivity index is 2.07. The second kappa shape index (κ2) is 6.31. The number of nitro groups is 2. The van der Waals surface area contributed by atoms with Crippen molar-refractivity contribution in [3.05, 3.63) is 97.0 Å². The fourth-order valence-corrected chi connectivity index (χ4v) is 3.46. The van der Waals surface area contributed by atoms with E-state index in [1.54, 1.807) is 6.08 Å². The molecule has 0 bridgehead atoms. The van der Waals surface area contributed by atoms with E-state index in [1.807, 2.05) is 50.1 Å². The van der Waals surface area contributed by atoms with Crippen LogP contribution in [0.25, 0.3) is 0 Å². The fourth-order valence-electron chi connectivity index (χ4n) is 3.46. The molecule has 1 aromatic rings. The topological polar surface area (TPSA) is 107 Å². The molecule has 0 amide bonds. The van der Waals surface area contributed by atoms with E-state index in [9.17, 15) is 25.0 Å². The Morgan fingerprint density at radius 2 is 1.70 bits per heavy atom. The maximum atomic E-state index is 12.3. The van der Waals surface area contributed by atoms with Gasteiger partial charge in [-0.1, -0.05) is 32.0 Å². The highest BCUT2D eigenvalue weighted by Crippen LogP contribution is 2.46. The van der Waals surface area contributed by atoms with Crippen LogP contribution in [0.1, 0.15) is 19.4 Å².